The molecule has 0 aliphatic carbocycles. The number of benzene rings is 1. The van der Waals surface area contributed by atoms with E-state index in [0.29, 0.717) is 6.61 Å². The van der Waals surface area contributed by atoms with Gasteiger partial charge >= 0.3 is 0 Å². The van der Waals surface area contributed by atoms with Gasteiger partial charge in [-0.15, -0.1) is 0 Å². The van der Waals surface area contributed by atoms with Gasteiger partial charge in [-0.3, -0.25) is 8.96 Å². The second-order valence-corrected chi connectivity index (χ2v) is 6.42. The highest BCUT2D eigenvalue weighted by molar-refractivity contribution is 7.97. The zero-order chi connectivity index (χ0) is 18.7. The number of nitrogens with zero attached hydrogens (tertiary/aromatic N) is 3. The summed E-state index contributed by atoms with van der Waals surface area (Å²) in [6, 6.07) is 7.72. The van der Waals surface area contributed by atoms with Crippen molar-refractivity contribution in [1.82, 2.24) is 13.9 Å². The van der Waals surface area contributed by atoms with Gasteiger partial charge in [0.05, 0.1) is 18.1 Å². The molecule has 6 nitrogen and oxygen atoms in total. The van der Waals surface area contributed by atoms with Crippen molar-refractivity contribution >= 4 is 23.0 Å². The minimum Gasteiger partial charge on any atom is -0.497 e. The number of hydrogen-bond acceptors (Lipinski definition) is 6. The van der Waals surface area contributed by atoms with E-state index in [9.17, 15) is 0 Å². The Morgan fingerprint density at radius 2 is 2.08 bits per heavy atom. The van der Waals surface area contributed by atoms with E-state index in [1.807, 2.05) is 51.3 Å². The molecule has 7 heteroatoms. The lowest BCUT2D eigenvalue weighted by Crippen LogP contribution is -2.16. The highest BCUT2D eigenvalue weighted by Gasteiger charge is 2.18. The molecule has 3 aromatic rings. The molecule has 0 fully saturated rings. The molecule has 0 spiro atoms. The first-order valence-electron chi connectivity index (χ1n) is 8.44. The fourth-order valence-corrected chi connectivity index (χ4v) is 3.47. The van der Waals surface area contributed by atoms with Crippen LogP contribution in [0.5, 0.6) is 11.5 Å². The quantitative estimate of drug-likeness (QED) is 0.576. The summed E-state index contributed by atoms with van der Waals surface area (Å²) in [6.07, 6.45) is 3.43. The molecule has 0 amide bonds. The highest BCUT2D eigenvalue weighted by Crippen LogP contribution is 2.33. The Morgan fingerprint density at radius 1 is 1.27 bits per heavy atom. The zero-order valence-electron chi connectivity index (χ0n) is 15.6. The number of hydrogen-bond donors (Lipinski definition) is 0. The van der Waals surface area contributed by atoms with E-state index in [-0.39, 0.29) is 6.29 Å². The topological polar surface area (TPSA) is 58.4 Å². The number of imidazole rings is 1. The van der Waals surface area contributed by atoms with Crippen molar-refractivity contribution in [2.45, 2.75) is 27.1 Å². The Balaban J connectivity index is 2.08. The fraction of sp³-hybridized carbons (Fsp3) is 0.368. The van der Waals surface area contributed by atoms with Gasteiger partial charge in [-0.1, -0.05) is 0 Å². The van der Waals surface area contributed by atoms with E-state index >= 15 is 0 Å². The first kappa shape index (κ1) is 18.5. The number of rotatable bonds is 7. The number of aromatic nitrogens is 3. The summed E-state index contributed by atoms with van der Waals surface area (Å²) in [6.45, 7) is 6.41. The van der Waals surface area contributed by atoms with E-state index in [1.54, 1.807) is 25.3 Å². The van der Waals surface area contributed by atoms with Crippen molar-refractivity contribution in [2.75, 3.05) is 20.0 Å². The SMILES string of the molecule is CCOC(C)Oc1ccnc(-c2nc3cc(OC)ccc3n2SC)c1C. The normalized spacial score (nSPS) is 12.3. The highest BCUT2D eigenvalue weighted by atomic mass is 32.2. The van der Waals surface area contributed by atoms with Gasteiger partial charge in [0.2, 0.25) is 0 Å². The number of ether oxygens (including phenoxy) is 3. The predicted molar refractivity (Wildman–Crippen MR) is 105 cm³/mol. The Morgan fingerprint density at radius 3 is 2.77 bits per heavy atom. The molecule has 0 bridgehead atoms. The van der Waals surface area contributed by atoms with Crippen LogP contribution in [0.15, 0.2) is 30.5 Å². The predicted octanol–water partition coefficient (Wildman–Crippen LogP) is 4.30. The van der Waals surface area contributed by atoms with Crippen LogP contribution in [0.2, 0.25) is 0 Å². The minimum atomic E-state index is -0.322. The van der Waals surface area contributed by atoms with Crippen molar-refractivity contribution in [3.8, 4) is 23.0 Å². The molecule has 0 radical (unpaired) electrons. The van der Waals surface area contributed by atoms with Gasteiger partial charge in [0.15, 0.2) is 12.1 Å². The standard InChI is InChI=1S/C19H23N3O3S/c1-6-24-13(3)25-17-9-10-20-18(12(17)2)19-21-15-11-14(23-4)7-8-16(15)22(19)26-5/h7-11,13H,6H2,1-5H3. The molecule has 2 heterocycles. The molecule has 0 aliphatic rings. The Kier molecular flexibility index (Phi) is 5.68. The number of pyridine rings is 1. The van der Waals surface area contributed by atoms with Gasteiger partial charge in [-0.25, -0.2) is 4.98 Å². The Labute approximate surface area is 157 Å². The van der Waals surface area contributed by atoms with Crippen LogP contribution in [0.3, 0.4) is 0 Å². The molecule has 1 unspecified atom stereocenters. The molecule has 0 N–H and O–H groups in total. The van der Waals surface area contributed by atoms with E-state index in [0.717, 1.165) is 39.6 Å². The average molecular weight is 373 g/mol. The summed E-state index contributed by atoms with van der Waals surface area (Å²) >= 11 is 1.58. The Hall–Kier alpha value is -2.25. The van der Waals surface area contributed by atoms with Crippen molar-refractivity contribution < 1.29 is 14.2 Å². The molecular formula is C19H23N3O3S. The van der Waals surface area contributed by atoms with Crippen molar-refractivity contribution in [1.29, 1.82) is 0 Å². The minimum absolute atomic E-state index is 0.322. The third-order valence-corrected chi connectivity index (χ3v) is 4.80. The van der Waals surface area contributed by atoms with Gasteiger partial charge in [-0.05, 0) is 50.9 Å². The van der Waals surface area contributed by atoms with Gasteiger partial charge in [0, 0.05) is 30.7 Å². The van der Waals surface area contributed by atoms with Crippen LogP contribution in [-0.2, 0) is 4.74 Å². The maximum absolute atomic E-state index is 5.91. The largest absolute Gasteiger partial charge is 0.497 e. The molecule has 3 rings (SSSR count). The lowest BCUT2D eigenvalue weighted by molar-refractivity contribution is -0.0616. The third-order valence-electron chi connectivity index (χ3n) is 4.06. The van der Waals surface area contributed by atoms with Crippen LogP contribution < -0.4 is 9.47 Å². The summed E-state index contributed by atoms with van der Waals surface area (Å²) in [5.74, 6) is 2.31. The number of methoxy groups -OCH3 is 1. The summed E-state index contributed by atoms with van der Waals surface area (Å²) in [7, 11) is 1.65. The summed E-state index contributed by atoms with van der Waals surface area (Å²) < 4.78 is 18.8. The Bertz CT molecular complexity index is 910. The smallest absolute Gasteiger partial charge is 0.196 e. The van der Waals surface area contributed by atoms with Gasteiger partial charge < -0.3 is 14.2 Å². The van der Waals surface area contributed by atoms with E-state index in [1.165, 1.54) is 0 Å². The van der Waals surface area contributed by atoms with Crippen LogP contribution in [-0.4, -0.2) is 40.2 Å². The molecule has 0 aliphatic heterocycles. The van der Waals surface area contributed by atoms with E-state index < -0.39 is 0 Å². The lowest BCUT2D eigenvalue weighted by atomic mass is 10.2. The van der Waals surface area contributed by atoms with Crippen LogP contribution in [0.25, 0.3) is 22.6 Å². The van der Waals surface area contributed by atoms with Crippen molar-refractivity contribution in [2.24, 2.45) is 0 Å². The third kappa shape index (κ3) is 3.50. The summed E-state index contributed by atoms with van der Waals surface area (Å²) in [4.78, 5) is 9.35. The second kappa shape index (κ2) is 7.97. The van der Waals surface area contributed by atoms with Gasteiger partial charge in [0.25, 0.3) is 0 Å². The van der Waals surface area contributed by atoms with E-state index in [4.69, 9.17) is 19.2 Å². The molecule has 0 saturated heterocycles. The molecule has 26 heavy (non-hydrogen) atoms. The molecule has 138 valence electrons. The average Bonchev–Trinajstić information content (AvgIpc) is 3.00. The van der Waals surface area contributed by atoms with Crippen molar-refractivity contribution in [3.63, 3.8) is 0 Å². The fourth-order valence-electron chi connectivity index (χ4n) is 2.82. The molecule has 2 aromatic heterocycles. The first-order valence-corrected chi connectivity index (χ1v) is 9.62. The zero-order valence-corrected chi connectivity index (χ0v) is 16.5. The van der Waals surface area contributed by atoms with Crippen LogP contribution in [0, 0.1) is 6.92 Å². The van der Waals surface area contributed by atoms with E-state index in [2.05, 4.69) is 8.96 Å². The number of fused-ring (bicyclic) bond motifs is 1. The lowest BCUT2D eigenvalue weighted by Gasteiger charge is -2.17. The first-order chi connectivity index (χ1) is 12.6. The van der Waals surface area contributed by atoms with Gasteiger partial charge in [-0.2, -0.15) is 0 Å². The molecular weight excluding hydrogens is 350 g/mol. The maximum Gasteiger partial charge on any atom is 0.196 e. The molecule has 1 aromatic carbocycles. The monoisotopic (exact) mass is 373 g/mol. The van der Waals surface area contributed by atoms with Crippen molar-refractivity contribution in [3.05, 3.63) is 36.0 Å². The maximum atomic E-state index is 5.91. The van der Waals surface area contributed by atoms with Gasteiger partial charge in [0.1, 0.15) is 17.2 Å². The molecule has 0 saturated carbocycles. The van der Waals surface area contributed by atoms with Crippen LogP contribution >= 0.6 is 11.9 Å². The second-order valence-electron chi connectivity index (χ2n) is 5.69. The summed E-state index contributed by atoms with van der Waals surface area (Å²) in [5, 5.41) is 0. The van der Waals surface area contributed by atoms with Crippen LogP contribution in [0.1, 0.15) is 19.4 Å². The molecule has 1 atom stereocenters. The van der Waals surface area contributed by atoms with Crippen LogP contribution in [0.4, 0.5) is 0 Å². The summed E-state index contributed by atoms with van der Waals surface area (Å²) in [5.41, 5.74) is 3.60.